The highest BCUT2D eigenvalue weighted by molar-refractivity contribution is 6.07. The number of hydrogen-bond donors (Lipinski definition) is 0. The molecule has 166 valence electrons. The van der Waals surface area contributed by atoms with Gasteiger partial charge in [-0.1, -0.05) is 6.07 Å². The second-order valence-electron chi connectivity index (χ2n) is 9.67. The molecule has 6 heteroatoms. The van der Waals surface area contributed by atoms with Crippen molar-refractivity contribution in [2.45, 2.75) is 63.6 Å². The van der Waals surface area contributed by atoms with Crippen molar-refractivity contribution in [3.8, 4) is 0 Å². The predicted octanol–water partition coefficient (Wildman–Crippen LogP) is 3.80. The summed E-state index contributed by atoms with van der Waals surface area (Å²) in [6, 6.07) is 8.81. The molecule has 1 atom stereocenters. The topological polar surface area (TPSA) is 57.9 Å². The van der Waals surface area contributed by atoms with Crippen LogP contribution in [0, 0.1) is 0 Å². The van der Waals surface area contributed by atoms with E-state index in [1.165, 1.54) is 11.1 Å². The van der Waals surface area contributed by atoms with E-state index in [0.29, 0.717) is 12.5 Å². The number of amides is 2. The van der Waals surface area contributed by atoms with Gasteiger partial charge in [-0.05, 0) is 67.9 Å². The number of fused-ring (bicyclic) bond motifs is 1. The largest absolute Gasteiger partial charge is 0.346 e. The fourth-order valence-electron chi connectivity index (χ4n) is 5.73. The highest BCUT2D eigenvalue weighted by Gasteiger charge is 2.40. The van der Waals surface area contributed by atoms with Gasteiger partial charge in [0.2, 0.25) is 5.91 Å². The maximum absolute atomic E-state index is 13.9. The number of aromatic nitrogens is 1. The first-order valence-electron chi connectivity index (χ1n) is 12.1. The van der Waals surface area contributed by atoms with Crippen LogP contribution in [0.2, 0.25) is 0 Å². The zero-order valence-corrected chi connectivity index (χ0v) is 18.5. The van der Waals surface area contributed by atoms with Crippen molar-refractivity contribution in [2.75, 3.05) is 19.6 Å². The minimum atomic E-state index is 0.176. The quantitative estimate of drug-likeness (QED) is 0.700. The third-order valence-electron chi connectivity index (χ3n) is 7.61. The van der Waals surface area contributed by atoms with Crippen molar-refractivity contribution in [3.05, 3.63) is 47.2 Å². The molecule has 6 rings (SSSR count). The number of hydrogen-bond acceptors (Lipinski definition) is 3. The van der Waals surface area contributed by atoms with Gasteiger partial charge in [-0.3, -0.25) is 14.6 Å². The molecule has 3 heterocycles. The SMILES string of the molecule is O=C1CCCN1CCn1ccc2c(C(=O)N(C3CC3)C3CCC4=C(C=NC4)C3)cccc21. The Kier molecular flexibility index (Phi) is 4.89. The van der Waals surface area contributed by atoms with E-state index < -0.39 is 0 Å². The average Bonchev–Trinajstić information content (AvgIpc) is 3.19. The number of carbonyl (C=O) groups excluding carboxylic acids is 2. The number of likely N-dealkylation sites (tertiary alicyclic amines) is 1. The van der Waals surface area contributed by atoms with Crippen LogP contribution in [0.3, 0.4) is 0 Å². The third-order valence-corrected chi connectivity index (χ3v) is 7.61. The number of rotatable bonds is 6. The molecule has 2 amide bonds. The molecule has 6 nitrogen and oxygen atoms in total. The molecular weight excluding hydrogens is 400 g/mol. The van der Waals surface area contributed by atoms with Gasteiger partial charge < -0.3 is 14.4 Å². The molecule has 4 aliphatic rings. The van der Waals surface area contributed by atoms with Crippen LogP contribution < -0.4 is 0 Å². The first-order chi connectivity index (χ1) is 15.7. The Morgan fingerprint density at radius 1 is 1.09 bits per heavy atom. The fourth-order valence-corrected chi connectivity index (χ4v) is 5.73. The van der Waals surface area contributed by atoms with E-state index in [1.807, 2.05) is 23.2 Å². The number of carbonyl (C=O) groups is 2. The van der Waals surface area contributed by atoms with E-state index in [-0.39, 0.29) is 17.9 Å². The summed E-state index contributed by atoms with van der Waals surface area (Å²) < 4.78 is 2.19. The van der Waals surface area contributed by atoms with Crippen molar-refractivity contribution >= 4 is 28.9 Å². The predicted molar refractivity (Wildman–Crippen MR) is 125 cm³/mol. The lowest BCUT2D eigenvalue weighted by atomic mass is 9.88. The summed E-state index contributed by atoms with van der Waals surface area (Å²) in [4.78, 5) is 34.4. The summed E-state index contributed by atoms with van der Waals surface area (Å²) in [6.45, 7) is 3.21. The Hall–Kier alpha value is -2.89. The van der Waals surface area contributed by atoms with E-state index in [2.05, 4.69) is 32.8 Å². The Bertz CT molecular complexity index is 1140. The standard InChI is InChI=1S/C26H30N4O2/c31-25-5-2-11-29(25)14-13-28-12-10-22-23(3-1-4-24(22)28)26(32)30(20-8-9-20)21-7-6-18-16-27-17-19(18)15-21/h1,3-4,10,12,17,20-21H,2,5-9,11,13-16H2. The molecule has 1 saturated carbocycles. The Morgan fingerprint density at radius 3 is 2.81 bits per heavy atom. The molecule has 1 aromatic carbocycles. The van der Waals surface area contributed by atoms with Crippen molar-refractivity contribution < 1.29 is 9.59 Å². The van der Waals surface area contributed by atoms with Crippen LogP contribution in [0.15, 0.2) is 46.6 Å². The number of benzene rings is 1. The molecule has 2 aliphatic carbocycles. The van der Waals surface area contributed by atoms with E-state index in [9.17, 15) is 9.59 Å². The van der Waals surface area contributed by atoms with Crippen LogP contribution in [0.5, 0.6) is 0 Å². The fraction of sp³-hybridized carbons (Fsp3) is 0.500. The zero-order valence-electron chi connectivity index (χ0n) is 18.5. The molecule has 1 aromatic heterocycles. The van der Waals surface area contributed by atoms with Crippen molar-refractivity contribution in [1.82, 2.24) is 14.4 Å². The van der Waals surface area contributed by atoms with Gasteiger partial charge >= 0.3 is 0 Å². The van der Waals surface area contributed by atoms with E-state index in [0.717, 1.165) is 81.2 Å². The second-order valence-corrected chi connectivity index (χ2v) is 9.67. The molecule has 32 heavy (non-hydrogen) atoms. The summed E-state index contributed by atoms with van der Waals surface area (Å²) in [5, 5.41) is 1.02. The third kappa shape index (κ3) is 3.46. The summed E-state index contributed by atoms with van der Waals surface area (Å²) in [6.07, 6.45) is 11.0. The van der Waals surface area contributed by atoms with Crippen LogP contribution in [-0.2, 0) is 11.3 Å². The van der Waals surface area contributed by atoms with Gasteiger partial charge in [-0.2, -0.15) is 0 Å². The summed E-state index contributed by atoms with van der Waals surface area (Å²) >= 11 is 0. The van der Waals surface area contributed by atoms with Crippen molar-refractivity contribution in [2.24, 2.45) is 4.99 Å². The van der Waals surface area contributed by atoms with Gasteiger partial charge in [0, 0.05) is 67.0 Å². The van der Waals surface area contributed by atoms with Gasteiger partial charge in [0.1, 0.15) is 0 Å². The smallest absolute Gasteiger partial charge is 0.255 e. The molecule has 2 aliphatic heterocycles. The lowest BCUT2D eigenvalue weighted by molar-refractivity contribution is -0.127. The number of nitrogens with zero attached hydrogens (tertiary/aromatic N) is 4. The summed E-state index contributed by atoms with van der Waals surface area (Å²) in [7, 11) is 0. The monoisotopic (exact) mass is 430 g/mol. The molecule has 1 unspecified atom stereocenters. The Morgan fingerprint density at radius 2 is 2.00 bits per heavy atom. The molecule has 0 bridgehead atoms. The first-order valence-corrected chi connectivity index (χ1v) is 12.1. The zero-order chi connectivity index (χ0) is 21.7. The van der Waals surface area contributed by atoms with Gasteiger partial charge in [-0.15, -0.1) is 0 Å². The lowest BCUT2D eigenvalue weighted by Crippen LogP contribution is -2.43. The molecule has 2 fully saturated rings. The molecule has 0 radical (unpaired) electrons. The summed E-state index contributed by atoms with van der Waals surface area (Å²) in [5.74, 6) is 0.435. The van der Waals surface area contributed by atoms with Crippen LogP contribution in [0.1, 0.15) is 55.3 Å². The maximum Gasteiger partial charge on any atom is 0.255 e. The van der Waals surface area contributed by atoms with Crippen LogP contribution in [0.25, 0.3) is 10.9 Å². The maximum atomic E-state index is 13.9. The first kappa shape index (κ1) is 19.8. The molecule has 1 saturated heterocycles. The molecule has 0 N–H and O–H groups in total. The Labute approximate surface area is 188 Å². The lowest BCUT2D eigenvalue weighted by Gasteiger charge is -2.35. The van der Waals surface area contributed by atoms with Crippen LogP contribution in [0.4, 0.5) is 0 Å². The van der Waals surface area contributed by atoms with Crippen LogP contribution in [-0.4, -0.2) is 64.1 Å². The van der Waals surface area contributed by atoms with E-state index in [1.54, 1.807) is 0 Å². The van der Waals surface area contributed by atoms with E-state index >= 15 is 0 Å². The summed E-state index contributed by atoms with van der Waals surface area (Å²) in [5.41, 5.74) is 4.72. The molecule has 2 aromatic rings. The van der Waals surface area contributed by atoms with Gasteiger partial charge in [0.15, 0.2) is 0 Å². The van der Waals surface area contributed by atoms with Gasteiger partial charge in [-0.25, -0.2) is 0 Å². The van der Waals surface area contributed by atoms with Crippen molar-refractivity contribution in [1.29, 1.82) is 0 Å². The van der Waals surface area contributed by atoms with Gasteiger partial charge in [0.05, 0.1) is 6.54 Å². The highest BCUT2D eigenvalue weighted by Crippen LogP contribution is 2.38. The minimum absolute atomic E-state index is 0.176. The minimum Gasteiger partial charge on any atom is -0.346 e. The van der Waals surface area contributed by atoms with Crippen molar-refractivity contribution in [3.63, 3.8) is 0 Å². The molecule has 0 spiro atoms. The van der Waals surface area contributed by atoms with Gasteiger partial charge in [0.25, 0.3) is 5.91 Å². The highest BCUT2D eigenvalue weighted by atomic mass is 16.2. The number of aliphatic imine (C=N–C) groups is 1. The van der Waals surface area contributed by atoms with Crippen LogP contribution >= 0.6 is 0 Å². The van der Waals surface area contributed by atoms with E-state index in [4.69, 9.17) is 0 Å². The second kappa shape index (κ2) is 7.91. The normalized spacial score (nSPS) is 22.8. The Balaban J connectivity index is 1.25. The molecular formula is C26H30N4O2. The average molecular weight is 431 g/mol.